The molecular weight excluding hydrogens is 259 g/mol. The Labute approximate surface area is 106 Å². The molecule has 1 N–H and O–H groups in total. The van der Waals surface area contributed by atoms with Gasteiger partial charge in [-0.2, -0.15) is 0 Å². The van der Waals surface area contributed by atoms with Crippen LogP contribution in [0.5, 0.6) is 0 Å². The molecule has 0 aromatic heterocycles. The van der Waals surface area contributed by atoms with Crippen LogP contribution in [0.25, 0.3) is 0 Å². The number of hydrogen-bond donors (Lipinski definition) is 1. The number of rotatable bonds is 6. The lowest BCUT2D eigenvalue weighted by atomic mass is 10.3. The molecule has 0 aliphatic heterocycles. The molecule has 18 heavy (non-hydrogen) atoms. The van der Waals surface area contributed by atoms with Crippen LogP contribution >= 0.6 is 0 Å². The Morgan fingerprint density at radius 3 is 2.50 bits per heavy atom. The van der Waals surface area contributed by atoms with Gasteiger partial charge in [0.25, 0.3) is 0 Å². The molecule has 0 heterocycles. The Morgan fingerprint density at radius 1 is 1.33 bits per heavy atom. The molecule has 0 radical (unpaired) electrons. The summed E-state index contributed by atoms with van der Waals surface area (Å²) < 4.78 is 42.2. The summed E-state index contributed by atoms with van der Waals surface area (Å²) >= 11 is 0. The maximum Gasteiger partial charge on any atom is 0.183 e. The number of halogens is 1. The highest BCUT2D eigenvalue weighted by Gasteiger charge is 2.23. The molecule has 6 heteroatoms. The van der Waals surface area contributed by atoms with Crippen LogP contribution in [0.4, 0.5) is 4.39 Å². The van der Waals surface area contributed by atoms with Crippen molar-refractivity contribution in [3.05, 3.63) is 30.1 Å². The van der Waals surface area contributed by atoms with Gasteiger partial charge in [-0.05, 0) is 26.0 Å². The SMILES string of the molecule is CC(C)OCC(O)CS(=O)(=O)c1ccccc1F. The highest BCUT2D eigenvalue weighted by atomic mass is 32.2. The minimum Gasteiger partial charge on any atom is -0.390 e. The molecular formula is C12H17FO4S. The monoisotopic (exact) mass is 276 g/mol. The van der Waals surface area contributed by atoms with Gasteiger partial charge >= 0.3 is 0 Å². The molecule has 0 amide bonds. The molecule has 1 aromatic carbocycles. The number of sulfone groups is 1. The fourth-order valence-corrected chi connectivity index (χ4v) is 2.83. The van der Waals surface area contributed by atoms with E-state index in [1.807, 2.05) is 0 Å². The first-order valence-electron chi connectivity index (χ1n) is 5.60. The molecule has 0 aliphatic rings. The second kappa shape index (κ2) is 6.26. The lowest BCUT2D eigenvalue weighted by molar-refractivity contribution is 0.0146. The van der Waals surface area contributed by atoms with Gasteiger partial charge in [0.2, 0.25) is 0 Å². The topological polar surface area (TPSA) is 63.6 Å². The average molecular weight is 276 g/mol. The van der Waals surface area contributed by atoms with Gasteiger partial charge in [-0.25, -0.2) is 12.8 Å². The molecule has 0 aliphatic carbocycles. The second-order valence-corrected chi connectivity index (χ2v) is 6.25. The molecule has 0 saturated heterocycles. The molecule has 1 rings (SSSR count). The first-order chi connectivity index (χ1) is 8.33. The van der Waals surface area contributed by atoms with Crippen LogP contribution in [0.2, 0.25) is 0 Å². The molecule has 0 saturated carbocycles. The predicted octanol–water partition coefficient (Wildman–Crippen LogP) is 1.39. The first-order valence-corrected chi connectivity index (χ1v) is 7.25. The maximum atomic E-state index is 13.4. The summed E-state index contributed by atoms with van der Waals surface area (Å²) in [6.45, 7) is 3.46. The third-order valence-electron chi connectivity index (χ3n) is 2.21. The third-order valence-corrected chi connectivity index (χ3v) is 4.03. The molecule has 1 aromatic rings. The van der Waals surface area contributed by atoms with Crippen molar-refractivity contribution in [1.29, 1.82) is 0 Å². The van der Waals surface area contributed by atoms with E-state index in [1.165, 1.54) is 18.2 Å². The summed E-state index contributed by atoms with van der Waals surface area (Å²) in [5.74, 6) is -1.37. The second-order valence-electron chi connectivity index (χ2n) is 4.25. The summed E-state index contributed by atoms with van der Waals surface area (Å²) in [5, 5.41) is 9.56. The van der Waals surface area contributed by atoms with Gasteiger partial charge in [0, 0.05) is 0 Å². The van der Waals surface area contributed by atoms with Gasteiger partial charge in [0.1, 0.15) is 10.7 Å². The fraction of sp³-hybridized carbons (Fsp3) is 0.500. The van der Waals surface area contributed by atoms with Crippen molar-refractivity contribution in [2.45, 2.75) is 31.0 Å². The van der Waals surface area contributed by atoms with E-state index in [0.29, 0.717) is 0 Å². The van der Waals surface area contributed by atoms with Crippen LogP contribution in [0, 0.1) is 5.82 Å². The zero-order chi connectivity index (χ0) is 13.8. The highest BCUT2D eigenvalue weighted by molar-refractivity contribution is 7.91. The van der Waals surface area contributed by atoms with E-state index < -0.39 is 32.4 Å². The van der Waals surface area contributed by atoms with Crippen molar-refractivity contribution in [2.75, 3.05) is 12.4 Å². The lowest BCUT2D eigenvalue weighted by Crippen LogP contribution is -2.27. The Kier molecular flexibility index (Phi) is 5.25. The van der Waals surface area contributed by atoms with Crippen LogP contribution in [-0.4, -0.2) is 38.1 Å². The summed E-state index contributed by atoms with van der Waals surface area (Å²) in [4.78, 5) is -0.395. The van der Waals surface area contributed by atoms with Crippen molar-refractivity contribution in [1.82, 2.24) is 0 Å². The minimum atomic E-state index is -3.84. The molecule has 0 spiro atoms. The average Bonchev–Trinajstić information content (AvgIpc) is 2.26. The van der Waals surface area contributed by atoms with Gasteiger partial charge in [-0.3, -0.25) is 0 Å². The van der Waals surface area contributed by atoms with Crippen molar-refractivity contribution >= 4 is 9.84 Å². The lowest BCUT2D eigenvalue weighted by Gasteiger charge is -2.14. The van der Waals surface area contributed by atoms with Crippen molar-refractivity contribution < 1.29 is 22.7 Å². The molecule has 1 unspecified atom stereocenters. The normalized spacial score (nSPS) is 13.8. The van der Waals surface area contributed by atoms with Crippen LogP contribution in [0.15, 0.2) is 29.2 Å². The van der Waals surface area contributed by atoms with Crippen LogP contribution in [-0.2, 0) is 14.6 Å². The Hall–Kier alpha value is -0.980. The van der Waals surface area contributed by atoms with Gasteiger partial charge < -0.3 is 9.84 Å². The minimum absolute atomic E-state index is 0.0919. The standard InChI is InChI=1S/C12H17FO4S/c1-9(2)17-7-10(14)8-18(15,16)12-6-4-3-5-11(12)13/h3-6,9-10,14H,7-8H2,1-2H3. The van der Waals surface area contributed by atoms with Crippen LogP contribution in [0.1, 0.15) is 13.8 Å². The third kappa shape index (κ3) is 4.36. The van der Waals surface area contributed by atoms with Gasteiger partial charge in [0.05, 0.1) is 24.6 Å². The zero-order valence-corrected chi connectivity index (χ0v) is 11.2. The summed E-state index contributed by atoms with van der Waals surface area (Å²) in [6, 6.07) is 5.10. The van der Waals surface area contributed by atoms with Gasteiger partial charge in [-0.1, -0.05) is 12.1 Å². The summed E-state index contributed by atoms with van der Waals surface area (Å²) in [7, 11) is -3.84. The number of benzene rings is 1. The number of aliphatic hydroxyl groups excluding tert-OH is 1. The largest absolute Gasteiger partial charge is 0.390 e. The Morgan fingerprint density at radius 2 is 1.94 bits per heavy atom. The molecule has 1 atom stereocenters. The highest BCUT2D eigenvalue weighted by Crippen LogP contribution is 2.16. The first kappa shape index (κ1) is 15.1. The van der Waals surface area contributed by atoms with Gasteiger partial charge in [-0.15, -0.1) is 0 Å². The van der Waals surface area contributed by atoms with Crippen molar-refractivity contribution in [2.24, 2.45) is 0 Å². The number of aliphatic hydroxyl groups is 1. The van der Waals surface area contributed by atoms with Crippen LogP contribution in [0.3, 0.4) is 0 Å². The molecule has 0 fully saturated rings. The van der Waals surface area contributed by atoms with E-state index in [9.17, 15) is 17.9 Å². The Bertz CT molecular complexity index is 485. The summed E-state index contributed by atoms with van der Waals surface area (Å²) in [5.41, 5.74) is 0. The molecule has 102 valence electrons. The number of hydrogen-bond acceptors (Lipinski definition) is 4. The number of ether oxygens (including phenoxy) is 1. The molecule has 4 nitrogen and oxygen atoms in total. The van der Waals surface area contributed by atoms with E-state index in [4.69, 9.17) is 4.74 Å². The quantitative estimate of drug-likeness (QED) is 0.852. The van der Waals surface area contributed by atoms with Crippen molar-refractivity contribution in [3.63, 3.8) is 0 Å². The molecule has 0 bridgehead atoms. The smallest absolute Gasteiger partial charge is 0.183 e. The fourth-order valence-electron chi connectivity index (χ4n) is 1.39. The predicted molar refractivity (Wildman–Crippen MR) is 65.5 cm³/mol. The van der Waals surface area contributed by atoms with E-state index in [1.54, 1.807) is 13.8 Å². The van der Waals surface area contributed by atoms with Gasteiger partial charge in [0.15, 0.2) is 9.84 Å². The van der Waals surface area contributed by atoms with E-state index in [2.05, 4.69) is 0 Å². The zero-order valence-electron chi connectivity index (χ0n) is 10.3. The van der Waals surface area contributed by atoms with E-state index >= 15 is 0 Å². The van der Waals surface area contributed by atoms with Crippen LogP contribution < -0.4 is 0 Å². The maximum absolute atomic E-state index is 13.4. The van der Waals surface area contributed by atoms with Crippen molar-refractivity contribution in [3.8, 4) is 0 Å². The Balaban J connectivity index is 2.74. The van der Waals surface area contributed by atoms with E-state index in [-0.39, 0.29) is 12.7 Å². The van der Waals surface area contributed by atoms with E-state index in [0.717, 1.165) is 6.07 Å². The summed E-state index contributed by atoms with van der Waals surface area (Å²) in [6.07, 6.45) is -1.27.